The van der Waals surface area contributed by atoms with Crippen LogP contribution in [-0.4, -0.2) is 40.2 Å². The van der Waals surface area contributed by atoms with Gasteiger partial charge in [0.2, 0.25) is 11.8 Å². The highest BCUT2D eigenvalue weighted by atomic mass is 16.3. The number of fused-ring (bicyclic) bond motifs is 1. The molecule has 1 aromatic heterocycles. The van der Waals surface area contributed by atoms with Crippen LogP contribution in [0.25, 0.3) is 0 Å². The molecule has 3 heterocycles. The molecule has 2 aliphatic heterocycles. The van der Waals surface area contributed by atoms with Crippen LogP contribution in [0.3, 0.4) is 0 Å². The minimum Gasteiger partial charge on any atom is -0.472 e. The van der Waals surface area contributed by atoms with E-state index < -0.39 is 0 Å². The van der Waals surface area contributed by atoms with Gasteiger partial charge >= 0.3 is 0 Å². The van der Waals surface area contributed by atoms with Crippen molar-refractivity contribution in [2.45, 2.75) is 38.4 Å². The Bertz CT molecular complexity index is 469. The number of hydrogen-bond donors (Lipinski definition) is 0. The Balaban J connectivity index is 1.84. The average Bonchev–Trinajstić information content (AvgIpc) is 3.02. The van der Waals surface area contributed by atoms with E-state index in [4.69, 9.17) is 4.42 Å². The minimum atomic E-state index is -0.373. The van der Waals surface area contributed by atoms with Gasteiger partial charge < -0.3 is 14.2 Å². The van der Waals surface area contributed by atoms with Crippen LogP contribution in [0.2, 0.25) is 0 Å². The molecule has 5 nitrogen and oxygen atoms in total. The van der Waals surface area contributed by atoms with E-state index in [0.717, 1.165) is 24.9 Å². The maximum absolute atomic E-state index is 12.4. The molecule has 0 bridgehead atoms. The molecule has 3 rings (SSSR count). The van der Waals surface area contributed by atoms with Crippen molar-refractivity contribution in [2.75, 3.05) is 6.54 Å². The van der Waals surface area contributed by atoms with Crippen LogP contribution in [0.4, 0.5) is 0 Å². The molecule has 0 saturated carbocycles. The average molecular weight is 248 g/mol. The van der Waals surface area contributed by atoms with Gasteiger partial charge in [0.1, 0.15) is 12.1 Å². The molecule has 2 aliphatic rings. The first-order chi connectivity index (χ1) is 8.68. The van der Waals surface area contributed by atoms with Crippen LogP contribution in [0, 0.1) is 0 Å². The van der Waals surface area contributed by atoms with Crippen LogP contribution >= 0.6 is 0 Å². The minimum absolute atomic E-state index is 0.0700. The Morgan fingerprint density at radius 1 is 1.39 bits per heavy atom. The van der Waals surface area contributed by atoms with Gasteiger partial charge in [-0.05, 0) is 25.8 Å². The molecule has 2 amide bonds. The van der Waals surface area contributed by atoms with Gasteiger partial charge in [0.05, 0.1) is 12.5 Å². The first-order valence-corrected chi connectivity index (χ1v) is 6.30. The molecule has 2 atom stereocenters. The Hall–Kier alpha value is -1.78. The maximum Gasteiger partial charge on any atom is 0.246 e. The van der Waals surface area contributed by atoms with Crippen molar-refractivity contribution < 1.29 is 14.0 Å². The van der Waals surface area contributed by atoms with E-state index in [1.54, 1.807) is 29.2 Å². The second-order valence-corrected chi connectivity index (χ2v) is 4.96. The van der Waals surface area contributed by atoms with E-state index in [2.05, 4.69) is 0 Å². The number of nitrogens with zero attached hydrogens (tertiary/aromatic N) is 2. The van der Waals surface area contributed by atoms with Gasteiger partial charge in [0.15, 0.2) is 0 Å². The van der Waals surface area contributed by atoms with Crippen LogP contribution in [0.15, 0.2) is 23.0 Å². The summed E-state index contributed by atoms with van der Waals surface area (Å²) in [6, 6.07) is 1.22. The number of furan rings is 1. The lowest BCUT2D eigenvalue weighted by Crippen LogP contribution is -2.61. The predicted molar refractivity (Wildman–Crippen MR) is 63.5 cm³/mol. The first-order valence-electron chi connectivity index (χ1n) is 6.30. The number of amides is 2. The topological polar surface area (TPSA) is 53.8 Å². The number of carbonyl (C=O) groups excluding carboxylic acids is 2. The number of carbonyl (C=O) groups is 2. The van der Waals surface area contributed by atoms with Gasteiger partial charge in [-0.25, -0.2) is 0 Å². The Kier molecular flexibility index (Phi) is 2.61. The molecule has 2 saturated heterocycles. The largest absolute Gasteiger partial charge is 0.472 e. The molecular formula is C13H16N2O3. The van der Waals surface area contributed by atoms with Crippen molar-refractivity contribution in [2.24, 2.45) is 0 Å². The standard InChI is InChI=1S/C13H16N2O3/c1-9-12(16)14-5-2-3-11(14)13(17)15(9)7-10-4-6-18-8-10/h4,6,8-9,11H,2-3,5,7H2,1H3. The fourth-order valence-corrected chi connectivity index (χ4v) is 2.84. The molecule has 0 aliphatic carbocycles. The molecule has 18 heavy (non-hydrogen) atoms. The summed E-state index contributed by atoms with van der Waals surface area (Å²) in [4.78, 5) is 28.0. The molecular weight excluding hydrogens is 232 g/mol. The molecule has 0 radical (unpaired) electrons. The van der Waals surface area contributed by atoms with E-state index in [0.29, 0.717) is 6.54 Å². The predicted octanol–water partition coefficient (Wildman–Crippen LogP) is 1.00. The van der Waals surface area contributed by atoms with Crippen LogP contribution in [-0.2, 0) is 16.1 Å². The number of rotatable bonds is 2. The van der Waals surface area contributed by atoms with E-state index in [1.165, 1.54) is 0 Å². The highest BCUT2D eigenvalue weighted by molar-refractivity contribution is 5.97. The number of piperazine rings is 1. The fraction of sp³-hybridized carbons (Fsp3) is 0.538. The molecule has 96 valence electrons. The summed E-state index contributed by atoms with van der Waals surface area (Å²) in [7, 11) is 0. The van der Waals surface area contributed by atoms with Crippen molar-refractivity contribution in [3.05, 3.63) is 24.2 Å². The third-order valence-electron chi connectivity index (χ3n) is 3.86. The zero-order valence-electron chi connectivity index (χ0n) is 10.3. The SMILES string of the molecule is CC1C(=O)N2CCCC2C(=O)N1Cc1ccoc1. The Morgan fingerprint density at radius 3 is 2.94 bits per heavy atom. The lowest BCUT2D eigenvalue weighted by Gasteiger charge is -2.40. The Morgan fingerprint density at radius 2 is 2.22 bits per heavy atom. The van der Waals surface area contributed by atoms with Crippen LogP contribution in [0.5, 0.6) is 0 Å². The summed E-state index contributed by atoms with van der Waals surface area (Å²) >= 11 is 0. The quantitative estimate of drug-likeness (QED) is 0.784. The molecule has 2 fully saturated rings. The Labute approximate surface area is 105 Å². The summed E-state index contributed by atoms with van der Waals surface area (Å²) in [5.74, 6) is 0.140. The molecule has 0 spiro atoms. The smallest absolute Gasteiger partial charge is 0.246 e. The summed E-state index contributed by atoms with van der Waals surface area (Å²) in [6.07, 6.45) is 4.91. The number of hydrogen-bond acceptors (Lipinski definition) is 3. The molecule has 2 unspecified atom stereocenters. The monoisotopic (exact) mass is 248 g/mol. The summed E-state index contributed by atoms with van der Waals surface area (Å²) in [6.45, 7) is 2.97. The highest BCUT2D eigenvalue weighted by Crippen LogP contribution is 2.27. The van der Waals surface area contributed by atoms with Crippen molar-refractivity contribution in [3.8, 4) is 0 Å². The second kappa shape index (κ2) is 4.15. The van der Waals surface area contributed by atoms with E-state index in [1.807, 2.05) is 6.07 Å². The second-order valence-electron chi connectivity index (χ2n) is 4.96. The van der Waals surface area contributed by atoms with Crippen molar-refractivity contribution in [1.82, 2.24) is 9.80 Å². The first kappa shape index (κ1) is 11.3. The van der Waals surface area contributed by atoms with Crippen molar-refractivity contribution in [1.29, 1.82) is 0 Å². The van der Waals surface area contributed by atoms with Gasteiger partial charge in [-0.1, -0.05) is 0 Å². The van der Waals surface area contributed by atoms with Gasteiger partial charge in [-0.2, -0.15) is 0 Å². The van der Waals surface area contributed by atoms with Crippen LogP contribution in [0.1, 0.15) is 25.3 Å². The third kappa shape index (κ3) is 1.62. The van der Waals surface area contributed by atoms with Gasteiger partial charge in [0, 0.05) is 18.7 Å². The van der Waals surface area contributed by atoms with Gasteiger partial charge in [0.25, 0.3) is 0 Å². The fourth-order valence-electron chi connectivity index (χ4n) is 2.84. The molecule has 0 N–H and O–H groups in total. The van der Waals surface area contributed by atoms with E-state index in [-0.39, 0.29) is 23.9 Å². The summed E-state index contributed by atoms with van der Waals surface area (Å²) < 4.78 is 5.01. The third-order valence-corrected chi connectivity index (χ3v) is 3.86. The zero-order chi connectivity index (χ0) is 12.7. The zero-order valence-corrected chi connectivity index (χ0v) is 10.3. The van der Waals surface area contributed by atoms with Gasteiger partial charge in [-0.3, -0.25) is 9.59 Å². The highest BCUT2D eigenvalue weighted by Gasteiger charge is 2.45. The molecule has 0 aromatic carbocycles. The lowest BCUT2D eigenvalue weighted by atomic mass is 10.1. The lowest BCUT2D eigenvalue weighted by molar-refractivity contribution is -0.159. The van der Waals surface area contributed by atoms with Crippen molar-refractivity contribution >= 4 is 11.8 Å². The van der Waals surface area contributed by atoms with E-state index >= 15 is 0 Å². The summed E-state index contributed by atoms with van der Waals surface area (Å²) in [5.41, 5.74) is 0.925. The normalized spacial score (nSPS) is 27.8. The van der Waals surface area contributed by atoms with Crippen LogP contribution < -0.4 is 0 Å². The van der Waals surface area contributed by atoms with Crippen molar-refractivity contribution in [3.63, 3.8) is 0 Å². The molecule has 5 heteroatoms. The maximum atomic E-state index is 12.4. The molecule has 1 aromatic rings. The van der Waals surface area contributed by atoms with Gasteiger partial charge in [-0.15, -0.1) is 0 Å². The van der Waals surface area contributed by atoms with E-state index in [9.17, 15) is 9.59 Å². The summed E-state index contributed by atoms with van der Waals surface area (Å²) in [5, 5.41) is 0.